The van der Waals surface area contributed by atoms with Crippen LogP contribution in [0.4, 0.5) is 0 Å². The molecule has 0 saturated carbocycles. The standard InChI is InChI=1S/C22H34N4O10S2/c1-14-10-17(11-15(2)21(14)37(31)32)36-9-3-4-19(28)24-7-8-25-22(30)18(13-38(33,34)35)26-20(29)6-5-16(23)12-27/h10-12,16,18H,3-9,13,23H2,1-2H3,(H,24,28)(H,25,30)(H,26,29)(H,31,32)(H,33,34,35). The van der Waals surface area contributed by atoms with Crippen molar-refractivity contribution in [3.63, 3.8) is 0 Å². The Hall–Kier alpha value is -2.92. The highest BCUT2D eigenvalue weighted by Gasteiger charge is 2.26. The van der Waals surface area contributed by atoms with E-state index in [0.29, 0.717) is 34.5 Å². The molecular weight excluding hydrogens is 544 g/mol. The molecule has 38 heavy (non-hydrogen) atoms. The zero-order chi connectivity index (χ0) is 28.9. The summed E-state index contributed by atoms with van der Waals surface area (Å²) in [5, 5.41) is 7.11. The second kappa shape index (κ2) is 16.1. The molecule has 0 aliphatic heterocycles. The summed E-state index contributed by atoms with van der Waals surface area (Å²) in [6, 6.07) is 0.801. The first-order valence-corrected chi connectivity index (χ1v) is 14.3. The number of nitrogens with two attached hydrogens (primary N) is 1. The summed E-state index contributed by atoms with van der Waals surface area (Å²) in [4.78, 5) is 47.1. The van der Waals surface area contributed by atoms with Crippen LogP contribution in [0.1, 0.15) is 36.8 Å². The highest BCUT2D eigenvalue weighted by atomic mass is 32.2. The van der Waals surface area contributed by atoms with Crippen molar-refractivity contribution < 1.29 is 45.6 Å². The predicted molar refractivity (Wildman–Crippen MR) is 137 cm³/mol. The monoisotopic (exact) mass is 578 g/mol. The number of hydrogen-bond acceptors (Lipinski definition) is 9. The summed E-state index contributed by atoms with van der Waals surface area (Å²) >= 11 is -2.10. The average Bonchev–Trinajstić information content (AvgIpc) is 2.80. The van der Waals surface area contributed by atoms with Crippen molar-refractivity contribution in [1.29, 1.82) is 0 Å². The molecule has 1 rings (SSSR count). The fourth-order valence-electron chi connectivity index (χ4n) is 3.32. The molecular formula is C22H34N4O10S2. The van der Waals surface area contributed by atoms with Gasteiger partial charge in [0.2, 0.25) is 17.7 Å². The minimum atomic E-state index is -4.60. The summed E-state index contributed by atoms with van der Waals surface area (Å²) in [5.74, 6) is -2.49. The smallest absolute Gasteiger partial charge is 0.267 e. The number of rotatable bonds is 17. The van der Waals surface area contributed by atoms with Gasteiger partial charge in [0.05, 0.1) is 17.5 Å². The van der Waals surface area contributed by atoms with E-state index < -0.39 is 50.8 Å². The van der Waals surface area contributed by atoms with Gasteiger partial charge in [-0.1, -0.05) is 0 Å². The summed E-state index contributed by atoms with van der Waals surface area (Å²) in [6.45, 7) is 3.55. The van der Waals surface area contributed by atoms with E-state index in [1.54, 1.807) is 26.0 Å². The lowest BCUT2D eigenvalue weighted by Crippen LogP contribution is -2.51. The van der Waals surface area contributed by atoms with Crippen molar-refractivity contribution in [3.8, 4) is 5.75 Å². The van der Waals surface area contributed by atoms with E-state index in [1.165, 1.54) is 0 Å². The molecule has 3 atom stereocenters. The quantitative estimate of drug-likeness (QED) is 0.0565. The summed E-state index contributed by atoms with van der Waals surface area (Å²) in [6.07, 6.45) is 0.698. The van der Waals surface area contributed by atoms with Gasteiger partial charge in [-0.25, -0.2) is 4.21 Å². The molecule has 0 aliphatic carbocycles. The predicted octanol–water partition coefficient (Wildman–Crippen LogP) is -1.05. The van der Waals surface area contributed by atoms with Gasteiger partial charge in [-0.05, 0) is 49.9 Å². The van der Waals surface area contributed by atoms with Gasteiger partial charge < -0.3 is 35.8 Å². The molecule has 0 heterocycles. The third kappa shape index (κ3) is 13.0. The highest BCUT2D eigenvalue weighted by molar-refractivity contribution is 7.85. The first kappa shape index (κ1) is 33.1. The van der Waals surface area contributed by atoms with Crippen molar-refractivity contribution in [2.75, 3.05) is 25.4 Å². The molecule has 14 nitrogen and oxygen atoms in total. The lowest BCUT2D eigenvalue weighted by Gasteiger charge is -2.17. The van der Waals surface area contributed by atoms with Crippen molar-refractivity contribution >= 4 is 45.2 Å². The van der Waals surface area contributed by atoms with Crippen LogP contribution in [0.25, 0.3) is 0 Å². The molecule has 0 spiro atoms. The van der Waals surface area contributed by atoms with Crippen LogP contribution in [0, 0.1) is 13.8 Å². The molecule has 0 aliphatic rings. The van der Waals surface area contributed by atoms with Crippen LogP contribution in [0.3, 0.4) is 0 Å². The number of benzene rings is 1. The van der Waals surface area contributed by atoms with E-state index in [4.69, 9.17) is 15.0 Å². The minimum Gasteiger partial charge on any atom is -0.494 e. The number of aryl methyl sites for hydroxylation is 2. The lowest BCUT2D eigenvalue weighted by molar-refractivity contribution is -0.128. The zero-order valence-electron chi connectivity index (χ0n) is 21.1. The number of hydrogen-bond donors (Lipinski definition) is 6. The van der Waals surface area contributed by atoms with E-state index in [2.05, 4.69) is 16.0 Å². The maximum Gasteiger partial charge on any atom is 0.267 e. The van der Waals surface area contributed by atoms with E-state index >= 15 is 0 Å². The molecule has 1 aromatic carbocycles. The van der Waals surface area contributed by atoms with Crippen molar-refractivity contribution in [1.82, 2.24) is 16.0 Å². The second-order valence-electron chi connectivity index (χ2n) is 8.44. The van der Waals surface area contributed by atoms with Crippen molar-refractivity contribution in [2.45, 2.75) is 56.5 Å². The molecule has 0 aromatic heterocycles. The maximum atomic E-state index is 12.3. The van der Waals surface area contributed by atoms with Gasteiger partial charge in [0.15, 0.2) is 11.1 Å². The Morgan fingerprint density at radius 1 is 1.11 bits per heavy atom. The fraction of sp³-hybridized carbons (Fsp3) is 0.545. The molecule has 214 valence electrons. The Morgan fingerprint density at radius 2 is 1.71 bits per heavy atom. The van der Waals surface area contributed by atoms with Crippen LogP contribution in [-0.4, -0.2) is 83.3 Å². The third-order valence-corrected chi connectivity index (χ3v) is 6.83. The minimum absolute atomic E-state index is 0.00990. The topological polar surface area (TPSA) is 231 Å². The van der Waals surface area contributed by atoms with E-state index in [-0.39, 0.29) is 44.9 Å². The maximum absolute atomic E-state index is 12.3. The van der Waals surface area contributed by atoms with E-state index in [9.17, 15) is 36.4 Å². The van der Waals surface area contributed by atoms with Crippen LogP contribution >= 0.6 is 0 Å². The van der Waals surface area contributed by atoms with Gasteiger partial charge in [-0.15, -0.1) is 0 Å². The fourth-order valence-corrected chi connectivity index (χ4v) is 4.64. The highest BCUT2D eigenvalue weighted by Crippen LogP contribution is 2.24. The molecule has 3 unspecified atom stereocenters. The van der Waals surface area contributed by atoms with Gasteiger partial charge in [0.25, 0.3) is 10.1 Å². The lowest BCUT2D eigenvalue weighted by atomic mass is 10.1. The van der Waals surface area contributed by atoms with Crippen LogP contribution < -0.4 is 26.4 Å². The summed E-state index contributed by atoms with van der Waals surface area (Å²) in [5.41, 5.74) is 6.61. The van der Waals surface area contributed by atoms with Crippen molar-refractivity contribution in [2.24, 2.45) is 5.73 Å². The first-order chi connectivity index (χ1) is 17.7. The van der Waals surface area contributed by atoms with Gasteiger partial charge in [0, 0.05) is 25.9 Å². The van der Waals surface area contributed by atoms with Gasteiger partial charge in [-0.2, -0.15) is 8.42 Å². The molecule has 7 N–H and O–H groups in total. The van der Waals surface area contributed by atoms with Crippen LogP contribution in [0.15, 0.2) is 17.0 Å². The Balaban J connectivity index is 2.41. The Morgan fingerprint density at radius 3 is 2.26 bits per heavy atom. The summed E-state index contributed by atoms with van der Waals surface area (Å²) in [7, 11) is -4.60. The Kier molecular flexibility index (Phi) is 14.1. The van der Waals surface area contributed by atoms with Crippen molar-refractivity contribution in [3.05, 3.63) is 23.3 Å². The summed E-state index contributed by atoms with van der Waals surface area (Å²) < 4.78 is 57.8. The molecule has 0 bridgehead atoms. The molecule has 0 saturated heterocycles. The number of ether oxygens (including phenoxy) is 1. The molecule has 16 heteroatoms. The van der Waals surface area contributed by atoms with E-state index in [1.807, 2.05) is 0 Å². The van der Waals surface area contributed by atoms with Gasteiger partial charge >= 0.3 is 0 Å². The molecule has 0 fully saturated rings. The molecule has 1 aromatic rings. The van der Waals surface area contributed by atoms with E-state index in [0.717, 1.165) is 0 Å². The number of carbonyl (C=O) groups excluding carboxylic acids is 4. The average molecular weight is 579 g/mol. The van der Waals surface area contributed by atoms with Crippen LogP contribution in [0.5, 0.6) is 5.75 Å². The van der Waals surface area contributed by atoms with Gasteiger partial charge in [0.1, 0.15) is 23.8 Å². The SMILES string of the molecule is Cc1cc(OCCCC(=O)NCCNC(=O)C(CS(=O)(=O)O)NC(=O)CCC(N)C=O)cc(C)c1S(=O)O. The van der Waals surface area contributed by atoms with Crippen LogP contribution in [0.2, 0.25) is 0 Å². The van der Waals surface area contributed by atoms with Crippen LogP contribution in [-0.2, 0) is 40.4 Å². The normalized spacial score (nSPS) is 13.6. The largest absolute Gasteiger partial charge is 0.494 e. The Labute approximate surface area is 223 Å². The number of carbonyl (C=O) groups is 4. The number of amides is 3. The Bertz CT molecular complexity index is 1100. The third-order valence-electron chi connectivity index (χ3n) is 5.08. The zero-order valence-corrected chi connectivity index (χ0v) is 22.7. The number of nitrogens with one attached hydrogen (secondary N) is 3. The first-order valence-electron chi connectivity index (χ1n) is 11.6. The number of aldehydes is 1. The molecule has 3 amide bonds. The van der Waals surface area contributed by atoms with Gasteiger partial charge in [-0.3, -0.25) is 18.9 Å². The second-order valence-corrected chi connectivity index (χ2v) is 10.8. The molecule has 0 radical (unpaired) electrons.